The van der Waals surface area contributed by atoms with E-state index in [0.717, 1.165) is 12.1 Å². The van der Waals surface area contributed by atoms with Crippen molar-refractivity contribution in [3.05, 3.63) is 23.7 Å². The van der Waals surface area contributed by atoms with E-state index < -0.39 is 5.54 Å². The molecule has 2 fully saturated rings. The SMILES string of the molecule is Cc1ccoc1C(=O)N1CCC2(CC1)NCCNC2=O. The fourth-order valence-corrected chi connectivity index (χ4v) is 2.96. The molecule has 2 aliphatic rings. The summed E-state index contributed by atoms with van der Waals surface area (Å²) in [5.74, 6) is 0.380. The van der Waals surface area contributed by atoms with Crippen LogP contribution >= 0.6 is 0 Å². The molecule has 6 nitrogen and oxygen atoms in total. The second-order valence-corrected chi connectivity index (χ2v) is 5.49. The standard InChI is InChI=1S/C14H19N3O3/c1-10-2-9-20-11(10)12(18)17-7-3-14(4-8-17)13(19)15-5-6-16-14/h2,9,16H,3-8H2,1H3,(H,15,19). The molecule has 0 unspecified atom stereocenters. The zero-order chi connectivity index (χ0) is 14.2. The highest BCUT2D eigenvalue weighted by Crippen LogP contribution is 2.25. The van der Waals surface area contributed by atoms with Gasteiger partial charge in [0, 0.05) is 31.7 Å². The smallest absolute Gasteiger partial charge is 0.289 e. The molecule has 2 aliphatic heterocycles. The topological polar surface area (TPSA) is 74.6 Å². The van der Waals surface area contributed by atoms with Gasteiger partial charge in [0.25, 0.3) is 5.91 Å². The van der Waals surface area contributed by atoms with Crippen molar-refractivity contribution in [1.29, 1.82) is 0 Å². The van der Waals surface area contributed by atoms with Crippen molar-refractivity contribution in [2.45, 2.75) is 25.3 Å². The van der Waals surface area contributed by atoms with Crippen LogP contribution in [0.1, 0.15) is 29.0 Å². The van der Waals surface area contributed by atoms with E-state index in [1.54, 1.807) is 11.0 Å². The number of amides is 2. The molecular weight excluding hydrogens is 258 g/mol. The Kier molecular flexibility index (Phi) is 3.25. The van der Waals surface area contributed by atoms with Gasteiger partial charge in [0.15, 0.2) is 5.76 Å². The summed E-state index contributed by atoms with van der Waals surface area (Å²) in [4.78, 5) is 26.1. The van der Waals surface area contributed by atoms with Gasteiger partial charge in [0.2, 0.25) is 5.91 Å². The predicted octanol–water partition coefficient (Wildman–Crippen LogP) is 0.282. The molecule has 1 aromatic rings. The lowest BCUT2D eigenvalue weighted by Crippen LogP contribution is -2.66. The number of carbonyl (C=O) groups excluding carboxylic acids is 2. The van der Waals surface area contributed by atoms with E-state index in [-0.39, 0.29) is 11.8 Å². The van der Waals surface area contributed by atoms with E-state index >= 15 is 0 Å². The fourth-order valence-electron chi connectivity index (χ4n) is 2.96. The number of likely N-dealkylation sites (tertiary alicyclic amines) is 1. The second kappa shape index (κ2) is 4.94. The molecule has 0 atom stereocenters. The van der Waals surface area contributed by atoms with E-state index in [4.69, 9.17) is 4.42 Å². The van der Waals surface area contributed by atoms with E-state index in [1.807, 2.05) is 6.92 Å². The molecule has 0 aromatic carbocycles. The molecule has 20 heavy (non-hydrogen) atoms. The van der Waals surface area contributed by atoms with Crippen molar-refractivity contribution in [3.63, 3.8) is 0 Å². The normalized spacial score (nSPS) is 21.9. The van der Waals surface area contributed by atoms with Crippen LogP contribution in [0.15, 0.2) is 16.7 Å². The Bertz CT molecular complexity index is 530. The molecular formula is C14H19N3O3. The van der Waals surface area contributed by atoms with Crippen molar-refractivity contribution in [3.8, 4) is 0 Å². The summed E-state index contributed by atoms with van der Waals surface area (Å²) in [5.41, 5.74) is 0.358. The minimum atomic E-state index is -0.493. The largest absolute Gasteiger partial charge is 0.459 e. The maximum absolute atomic E-state index is 12.3. The Morgan fingerprint density at radius 1 is 1.35 bits per heavy atom. The number of nitrogens with zero attached hydrogens (tertiary/aromatic N) is 1. The quantitative estimate of drug-likeness (QED) is 0.773. The lowest BCUT2D eigenvalue weighted by atomic mass is 9.85. The highest BCUT2D eigenvalue weighted by molar-refractivity contribution is 5.93. The number of hydrogen-bond donors (Lipinski definition) is 2. The maximum atomic E-state index is 12.3. The fraction of sp³-hybridized carbons (Fsp3) is 0.571. The van der Waals surface area contributed by atoms with E-state index in [9.17, 15) is 9.59 Å². The number of furan rings is 1. The highest BCUT2D eigenvalue weighted by Gasteiger charge is 2.43. The van der Waals surface area contributed by atoms with Gasteiger partial charge < -0.3 is 20.0 Å². The zero-order valence-corrected chi connectivity index (χ0v) is 11.6. The van der Waals surface area contributed by atoms with Gasteiger partial charge in [-0.3, -0.25) is 9.59 Å². The molecule has 0 saturated carbocycles. The lowest BCUT2D eigenvalue weighted by molar-refractivity contribution is -0.131. The first kappa shape index (κ1) is 13.2. The molecule has 6 heteroatoms. The van der Waals surface area contributed by atoms with Crippen molar-refractivity contribution >= 4 is 11.8 Å². The Morgan fingerprint density at radius 3 is 2.70 bits per heavy atom. The van der Waals surface area contributed by atoms with Crippen LogP contribution in [0.3, 0.4) is 0 Å². The monoisotopic (exact) mass is 277 g/mol. The summed E-state index contributed by atoms with van der Waals surface area (Å²) < 4.78 is 5.25. The van der Waals surface area contributed by atoms with Crippen molar-refractivity contribution in [1.82, 2.24) is 15.5 Å². The van der Waals surface area contributed by atoms with Crippen LogP contribution in [0, 0.1) is 6.92 Å². The number of aryl methyl sites for hydroxylation is 1. The molecule has 0 radical (unpaired) electrons. The second-order valence-electron chi connectivity index (χ2n) is 5.49. The van der Waals surface area contributed by atoms with Gasteiger partial charge in [-0.2, -0.15) is 0 Å². The average molecular weight is 277 g/mol. The average Bonchev–Trinajstić information content (AvgIpc) is 2.89. The van der Waals surface area contributed by atoms with Crippen LogP contribution in [0.2, 0.25) is 0 Å². The molecule has 2 saturated heterocycles. The summed E-state index contributed by atoms with van der Waals surface area (Å²) >= 11 is 0. The summed E-state index contributed by atoms with van der Waals surface area (Å²) in [5, 5.41) is 6.22. The van der Waals surface area contributed by atoms with Crippen molar-refractivity contribution in [2.24, 2.45) is 0 Å². The third-order valence-electron chi connectivity index (χ3n) is 4.27. The third kappa shape index (κ3) is 2.10. The summed E-state index contributed by atoms with van der Waals surface area (Å²) in [7, 11) is 0. The van der Waals surface area contributed by atoms with Crippen LogP contribution in [0.4, 0.5) is 0 Å². The first-order chi connectivity index (χ1) is 9.62. The Morgan fingerprint density at radius 2 is 2.10 bits per heavy atom. The number of piperidine rings is 1. The summed E-state index contributed by atoms with van der Waals surface area (Å²) in [6, 6.07) is 1.79. The number of rotatable bonds is 1. The van der Waals surface area contributed by atoms with Crippen LogP contribution < -0.4 is 10.6 Å². The number of nitrogens with one attached hydrogen (secondary N) is 2. The van der Waals surface area contributed by atoms with Gasteiger partial charge >= 0.3 is 0 Å². The molecule has 2 N–H and O–H groups in total. The molecule has 1 aromatic heterocycles. The molecule has 0 aliphatic carbocycles. The Labute approximate surface area is 117 Å². The third-order valence-corrected chi connectivity index (χ3v) is 4.27. The van der Waals surface area contributed by atoms with Crippen LogP contribution in [0.25, 0.3) is 0 Å². The van der Waals surface area contributed by atoms with Gasteiger partial charge in [-0.1, -0.05) is 0 Å². The molecule has 3 rings (SSSR count). The van der Waals surface area contributed by atoms with Gasteiger partial charge in [0.05, 0.1) is 6.26 Å². The number of piperazine rings is 1. The zero-order valence-electron chi connectivity index (χ0n) is 11.6. The summed E-state index contributed by atoms with van der Waals surface area (Å²) in [6.45, 7) is 4.46. The summed E-state index contributed by atoms with van der Waals surface area (Å²) in [6.07, 6.45) is 2.82. The minimum Gasteiger partial charge on any atom is -0.459 e. The molecule has 3 heterocycles. The molecule has 0 bridgehead atoms. The van der Waals surface area contributed by atoms with Crippen LogP contribution in [0.5, 0.6) is 0 Å². The van der Waals surface area contributed by atoms with E-state index in [1.165, 1.54) is 6.26 Å². The molecule has 1 spiro atoms. The maximum Gasteiger partial charge on any atom is 0.289 e. The van der Waals surface area contributed by atoms with Crippen LogP contribution in [-0.4, -0.2) is 48.4 Å². The van der Waals surface area contributed by atoms with Gasteiger partial charge in [0.1, 0.15) is 5.54 Å². The predicted molar refractivity (Wildman–Crippen MR) is 72.3 cm³/mol. The van der Waals surface area contributed by atoms with Crippen LogP contribution in [-0.2, 0) is 4.79 Å². The Hall–Kier alpha value is -1.82. The first-order valence-electron chi connectivity index (χ1n) is 6.99. The molecule has 2 amide bonds. The number of carbonyl (C=O) groups is 2. The minimum absolute atomic E-state index is 0.0602. The van der Waals surface area contributed by atoms with Gasteiger partial charge in [-0.15, -0.1) is 0 Å². The van der Waals surface area contributed by atoms with Gasteiger partial charge in [-0.05, 0) is 25.8 Å². The number of hydrogen-bond acceptors (Lipinski definition) is 4. The van der Waals surface area contributed by atoms with E-state index in [0.29, 0.717) is 38.2 Å². The first-order valence-corrected chi connectivity index (χ1v) is 6.99. The van der Waals surface area contributed by atoms with Gasteiger partial charge in [-0.25, -0.2) is 0 Å². The molecule has 108 valence electrons. The lowest BCUT2D eigenvalue weighted by Gasteiger charge is -2.43. The van der Waals surface area contributed by atoms with Crippen molar-refractivity contribution in [2.75, 3.05) is 26.2 Å². The van der Waals surface area contributed by atoms with E-state index in [2.05, 4.69) is 10.6 Å². The highest BCUT2D eigenvalue weighted by atomic mass is 16.3. The van der Waals surface area contributed by atoms with Crippen molar-refractivity contribution < 1.29 is 14.0 Å². The Balaban J connectivity index is 1.68.